The molecule has 0 amide bonds. The van der Waals surface area contributed by atoms with Gasteiger partial charge in [-0.3, -0.25) is 4.68 Å². The van der Waals surface area contributed by atoms with Crippen LogP contribution in [0.4, 0.5) is 4.39 Å². The molecule has 0 saturated heterocycles. The van der Waals surface area contributed by atoms with Crippen LogP contribution in [-0.4, -0.2) is 14.9 Å². The lowest BCUT2D eigenvalue weighted by Crippen LogP contribution is -2.07. The van der Waals surface area contributed by atoms with Crippen molar-refractivity contribution < 1.29 is 9.50 Å². The molecule has 18 heavy (non-hydrogen) atoms. The van der Waals surface area contributed by atoms with Crippen molar-refractivity contribution in [1.29, 1.82) is 0 Å². The van der Waals surface area contributed by atoms with Crippen molar-refractivity contribution in [2.75, 3.05) is 0 Å². The Labute approximate surface area is 106 Å². The zero-order valence-corrected chi connectivity index (χ0v) is 10.8. The van der Waals surface area contributed by atoms with E-state index in [4.69, 9.17) is 0 Å². The second-order valence-corrected chi connectivity index (χ2v) is 4.50. The SMILES string of the molecule is CCc1cc(C(O)c2cc(C)cc(F)c2)n(C)n1. The molecule has 0 fully saturated rings. The highest BCUT2D eigenvalue weighted by Crippen LogP contribution is 2.24. The zero-order valence-electron chi connectivity index (χ0n) is 10.8. The van der Waals surface area contributed by atoms with E-state index < -0.39 is 6.10 Å². The Bertz CT molecular complexity index is 543. The zero-order chi connectivity index (χ0) is 13.3. The quantitative estimate of drug-likeness (QED) is 0.906. The van der Waals surface area contributed by atoms with Crippen molar-refractivity contribution in [3.05, 3.63) is 52.6 Å². The van der Waals surface area contributed by atoms with Crippen LogP contribution in [0.3, 0.4) is 0 Å². The Morgan fingerprint density at radius 1 is 1.33 bits per heavy atom. The van der Waals surface area contributed by atoms with Crippen LogP contribution in [0.25, 0.3) is 0 Å². The molecule has 0 aliphatic rings. The van der Waals surface area contributed by atoms with Gasteiger partial charge in [0.05, 0.1) is 11.4 Å². The van der Waals surface area contributed by atoms with Gasteiger partial charge in [0.25, 0.3) is 0 Å². The van der Waals surface area contributed by atoms with Gasteiger partial charge in [0.15, 0.2) is 0 Å². The summed E-state index contributed by atoms with van der Waals surface area (Å²) in [5, 5.41) is 14.6. The standard InChI is InChI=1S/C14H17FN2O/c1-4-12-8-13(17(3)16-12)14(18)10-5-9(2)6-11(15)7-10/h5-8,14,18H,4H2,1-3H3. The number of hydrogen-bond acceptors (Lipinski definition) is 2. The second-order valence-electron chi connectivity index (χ2n) is 4.50. The average molecular weight is 248 g/mol. The molecule has 0 aliphatic carbocycles. The van der Waals surface area contributed by atoms with E-state index in [0.717, 1.165) is 17.7 Å². The van der Waals surface area contributed by atoms with Crippen LogP contribution in [0.5, 0.6) is 0 Å². The number of benzene rings is 1. The molecular weight excluding hydrogens is 231 g/mol. The summed E-state index contributed by atoms with van der Waals surface area (Å²) in [4.78, 5) is 0. The lowest BCUT2D eigenvalue weighted by Gasteiger charge is -2.12. The molecule has 96 valence electrons. The predicted molar refractivity (Wildman–Crippen MR) is 67.8 cm³/mol. The van der Waals surface area contributed by atoms with Gasteiger partial charge in [-0.15, -0.1) is 0 Å². The fraction of sp³-hybridized carbons (Fsp3) is 0.357. The van der Waals surface area contributed by atoms with E-state index in [2.05, 4.69) is 5.10 Å². The number of hydrogen-bond donors (Lipinski definition) is 1. The van der Waals surface area contributed by atoms with Crippen LogP contribution in [0.1, 0.15) is 35.5 Å². The van der Waals surface area contributed by atoms with Crippen molar-refractivity contribution in [3.8, 4) is 0 Å². The van der Waals surface area contributed by atoms with Gasteiger partial charge in [-0.2, -0.15) is 5.10 Å². The lowest BCUT2D eigenvalue weighted by atomic mass is 10.0. The Balaban J connectivity index is 2.40. The Kier molecular flexibility index (Phi) is 3.48. The van der Waals surface area contributed by atoms with Crippen LogP contribution in [-0.2, 0) is 13.5 Å². The first-order valence-corrected chi connectivity index (χ1v) is 5.99. The van der Waals surface area contributed by atoms with Crippen molar-refractivity contribution >= 4 is 0 Å². The largest absolute Gasteiger partial charge is 0.382 e. The van der Waals surface area contributed by atoms with Gasteiger partial charge in [-0.25, -0.2) is 4.39 Å². The maximum Gasteiger partial charge on any atom is 0.123 e. The fourth-order valence-electron chi connectivity index (χ4n) is 2.07. The first kappa shape index (κ1) is 12.8. The third kappa shape index (κ3) is 2.43. The minimum atomic E-state index is -0.850. The topological polar surface area (TPSA) is 38.0 Å². The number of aliphatic hydroxyl groups excluding tert-OH is 1. The van der Waals surface area contributed by atoms with Gasteiger partial charge in [0, 0.05) is 7.05 Å². The molecule has 0 bridgehead atoms. The summed E-state index contributed by atoms with van der Waals surface area (Å²) in [6, 6.07) is 6.44. The first-order valence-electron chi connectivity index (χ1n) is 5.99. The van der Waals surface area contributed by atoms with Crippen molar-refractivity contribution in [1.82, 2.24) is 9.78 Å². The lowest BCUT2D eigenvalue weighted by molar-refractivity contribution is 0.209. The van der Waals surface area contributed by atoms with E-state index in [1.165, 1.54) is 12.1 Å². The Morgan fingerprint density at radius 3 is 2.61 bits per heavy atom. The maximum atomic E-state index is 13.3. The van der Waals surface area contributed by atoms with Crippen LogP contribution < -0.4 is 0 Å². The molecule has 3 nitrogen and oxygen atoms in total. The molecular formula is C14H17FN2O. The Hall–Kier alpha value is -1.68. The fourth-order valence-corrected chi connectivity index (χ4v) is 2.07. The van der Waals surface area contributed by atoms with E-state index in [-0.39, 0.29) is 5.82 Å². The van der Waals surface area contributed by atoms with E-state index in [1.54, 1.807) is 24.7 Å². The maximum absolute atomic E-state index is 13.3. The number of nitrogens with zero attached hydrogens (tertiary/aromatic N) is 2. The minimum absolute atomic E-state index is 0.332. The van der Waals surface area contributed by atoms with E-state index in [0.29, 0.717) is 11.3 Å². The monoisotopic (exact) mass is 248 g/mol. The number of aryl methyl sites for hydroxylation is 3. The molecule has 0 spiro atoms. The molecule has 1 atom stereocenters. The molecule has 2 aromatic rings. The number of rotatable bonds is 3. The molecule has 0 saturated carbocycles. The summed E-state index contributed by atoms with van der Waals surface area (Å²) in [5.74, 6) is -0.332. The first-order chi connectivity index (χ1) is 8.51. The third-order valence-electron chi connectivity index (χ3n) is 2.99. The van der Waals surface area contributed by atoms with Gasteiger partial charge >= 0.3 is 0 Å². The molecule has 0 aliphatic heterocycles. The second kappa shape index (κ2) is 4.90. The molecule has 1 aromatic carbocycles. The smallest absolute Gasteiger partial charge is 0.123 e. The highest BCUT2D eigenvalue weighted by Gasteiger charge is 2.16. The van der Waals surface area contributed by atoms with Crippen LogP contribution in [0, 0.1) is 12.7 Å². The van der Waals surface area contributed by atoms with Gasteiger partial charge < -0.3 is 5.11 Å². The minimum Gasteiger partial charge on any atom is -0.382 e. The third-order valence-corrected chi connectivity index (χ3v) is 2.99. The van der Waals surface area contributed by atoms with Gasteiger partial charge in [-0.05, 0) is 42.7 Å². The normalized spacial score (nSPS) is 12.7. The average Bonchev–Trinajstić information content (AvgIpc) is 2.68. The number of halogens is 1. The van der Waals surface area contributed by atoms with Crippen LogP contribution in [0.15, 0.2) is 24.3 Å². The summed E-state index contributed by atoms with van der Waals surface area (Å²) in [6.45, 7) is 3.81. The van der Waals surface area contributed by atoms with E-state index in [1.807, 2.05) is 13.0 Å². The highest BCUT2D eigenvalue weighted by atomic mass is 19.1. The highest BCUT2D eigenvalue weighted by molar-refractivity contribution is 5.31. The molecule has 1 heterocycles. The van der Waals surface area contributed by atoms with E-state index >= 15 is 0 Å². The molecule has 1 N–H and O–H groups in total. The summed E-state index contributed by atoms with van der Waals surface area (Å²) in [6.07, 6.45) is -0.0415. The van der Waals surface area contributed by atoms with Crippen molar-refractivity contribution in [2.24, 2.45) is 7.05 Å². The van der Waals surface area contributed by atoms with E-state index in [9.17, 15) is 9.50 Å². The van der Waals surface area contributed by atoms with Gasteiger partial charge in [0.2, 0.25) is 0 Å². The molecule has 0 radical (unpaired) electrons. The van der Waals surface area contributed by atoms with Crippen LogP contribution >= 0.6 is 0 Å². The van der Waals surface area contributed by atoms with Crippen LogP contribution in [0.2, 0.25) is 0 Å². The molecule has 2 rings (SSSR count). The molecule has 1 unspecified atom stereocenters. The summed E-state index contributed by atoms with van der Waals surface area (Å²) in [7, 11) is 1.78. The summed E-state index contributed by atoms with van der Waals surface area (Å²) in [5.41, 5.74) is 2.94. The van der Waals surface area contributed by atoms with Gasteiger partial charge in [-0.1, -0.05) is 13.0 Å². The van der Waals surface area contributed by atoms with Gasteiger partial charge in [0.1, 0.15) is 11.9 Å². The summed E-state index contributed by atoms with van der Waals surface area (Å²) < 4.78 is 15.0. The van der Waals surface area contributed by atoms with Crippen molar-refractivity contribution in [2.45, 2.75) is 26.4 Å². The number of aliphatic hydroxyl groups is 1. The summed E-state index contributed by atoms with van der Waals surface area (Å²) >= 11 is 0. The predicted octanol–water partition coefficient (Wildman–Crippen LogP) is 2.51. The number of aromatic nitrogens is 2. The molecule has 1 aromatic heterocycles. The Morgan fingerprint density at radius 2 is 2.06 bits per heavy atom. The molecule has 4 heteroatoms. The van der Waals surface area contributed by atoms with Crippen molar-refractivity contribution in [3.63, 3.8) is 0 Å².